The van der Waals surface area contributed by atoms with Gasteiger partial charge in [-0.2, -0.15) is 0 Å². The first kappa shape index (κ1) is 13.6. The highest BCUT2D eigenvalue weighted by Gasteiger charge is 2.41. The van der Waals surface area contributed by atoms with Gasteiger partial charge in [0, 0.05) is 25.0 Å². The molecule has 2 atom stereocenters. The Morgan fingerprint density at radius 2 is 1.89 bits per heavy atom. The van der Waals surface area contributed by atoms with Crippen LogP contribution in [-0.4, -0.2) is 31.1 Å². The first-order chi connectivity index (χ1) is 9.29. The summed E-state index contributed by atoms with van der Waals surface area (Å²) in [6.07, 6.45) is 10.5. The first-order valence-electron chi connectivity index (χ1n) is 8.18. The van der Waals surface area contributed by atoms with Gasteiger partial charge in [0.05, 0.1) is 5.60 Å². The summed E-state index contributed by atoms with van der Waals surface area (Å²) in [6.45, 7) is 2.79. The van der Waals surface area contributed by atoms with Crippen LogP contribution in [0.25, 0.3) is 0 Å². The smallest absolute Gasteiger partial charge is 0.140 e. The van der Waals surface area contributed by atoms with Crippen LogP contribution in [0.4, 0.5) is 0 Å². The lowest BCUT2D eigenvalue weighted by Gasteiger charge is -2.44. The number of hydrogen-bond donors (Lipinski definition) is 1. The molecule has 108 valence electrons. The summed E-state index contributed by atoms with van der Waals surface area (Å²) in [7, 11) is 0. The van der Waals surface area contributed by atoms with Crippen LogP contribution in [0.1, 0.15) is 57.8 Å². The van der Waals surface area contributed by atoms with Crippen molar-refractivity contribution in [1.82, 2.24) is 5.32 Å². The summed E-state index contributed by atoms with van der Waals surface area (Å²) in [5.74, 6) is 1.08. The average molecular weight is 265 g/mol. The number of ketones is 1. The predicted octanol–water partition coefficient (Wildman–Crippen LogP) is 2.68. The molecule has 19 heavy (non-hydrogen) atoms. The zero-order chi connectivity index (χ0) is 13.1. The quantitative estimate of drug-likeness (QED) is 0.834. The van der Waals surface area contributed by atoms with Gasteiger partial charge in [-0.05, 0) is 45.1 Å². The van der Waals surface area contributed by atoms with Gasteiger partial charge < -0.3 is 10.1 Å². The van der Waals surface area contributed by atoms with E-state index in [4.69, 9.17) is 4.74 Å². The third kappa shape index (κ3) is 3.03. The monoisotopic (exact) mass is 265 g/mol. The summed E-state index contributed by atoms with van der Waals surface area (Å²) in [5.41, 5.74) is 0.0684. The van der Waals surface area contributed by atoms with Gasteiger partial charge in [-0.1, -0.05) is 19.3 Å². The lowest BCUT2D eigenvalue weighted by atomic mass is 9.73. The summed E-state index contributed by atoms with van der Waals surface area (Å²) in [6, 6.07) is 0. The van der Waals surface area contributed by atoms with Gasteiger partial charge in [-0.15, -0.1) is 0 Å². The number of Topliss-reactive ketones (excluding diaryl/α,β-unsaturated/α-hetero) is 1. The van der Waals surface area contributed by atoms with Crippen LogP contribution in [0.5, 0.6) is 0 Å². The Hall–Kier alpha value is -0.410. The molecule has 1 saturated carbocycles. The minimum Gasteiger partial charge on any atom is -0.375 e. The van der Waals surface area contributed by atoms with E-state index in [1.807, 2.05) is 0 Å². The highest BCUT2D eigenvalue weighted by molar-refractivity contribution is 5.84. The van der Waals surface area contributed by atoms with E-state index in [2.05, 4.69) is 5.32 Å². The van der Waals surface area contributed by atoms with Crippen LogP contribution < -0.4 is 5.32 Å². The molecular weight excluding hydrogens is 238 g/mol. The minimum atomic E-state index is 0.0684. The summed E-state index contributed by atoms with van der Waals surface area (Å²) >= 11 is 0. The summed E-state index contributed by atoms with van der Waals surface area (Å²) < 4.78 is 6.11. The van der Waals surface area contributed by atoms with Crippen molar-refractivity contribution in [3.63, 3.8) is 0 Å². The topological polar surface area (TPSA) is 38.3 Å². The van der Waals surface area contributed by atoms with Crippen LogP contribution in [0.15, 0.2) is 0 Å². The molecule has 0 aromatic heterocycles. The molecule has 2 saturated heterocycles. The Labute approximate surface area is 116 Å². The number of ether oxygens (including phenoxy) is 1. The SMILES string of the molecule is O=C(C1CCCNC1)C1CCOC2(CCCCC2)C1. The number of nitrogens with one attached hydrogen (secondary N) is 1. The number of hydrogen-bond acceptors (Lipinski definition) is 3. The number of piperidine rings is 1. The molecule has 3 aliphatic rings. The molecule has 3 heteroatoms. The van der Waals surface area contributed by atoms with Gasteiger partial charge in [0.2, 0.25) is 0 Å². The molecule has 3 fully saturated rings. The maximum Gasteiger partial charge on any atom is 0.140 e. The van der Waals surface area contributed by atoms with E-state index in [-0.39, 0.29) is 17.4 Å². The van der Waals surface area contributed by atoms with Gasteiger partial charge in [0.25, 0.3) is 0 Å². The molecule has 2 heterocycles. The van der Waals surface area contributed by atoms with E-state index in [0.29, 0.717) is 5.78 Å². The Morgan fingerprint density at radius 3 is 2.63 bits per heavy atom. The number of rotatable bonds is 2. The highest BCUT2D eigenvalue weighted by Crippen LogP contribution is 2.41. The van der Waals surface area contributed by atoms with E-state index in [1.54, 1.807) is 0 Å². The standard InChI is InChI=1S/C16H27NO2/c18-15(14-5-4-9-17-12-14)13-6-10-19-16(11-13)7-2-1-3-8-16/h13-14,17H,1-12H2. The first-order valence-corrected chi connectivity index (χ1v) is 8.18. The largest absolute Gasteiger partial charge is 0.375 e. The van der Waals surface area contributed by atoms with Gasteiger partial charge in [-0.3, -0.25) is 4.79 Å². The van der Waals surface area contributed by atoms with Crippen LogP contribution >= 0.6 is 0 Å². The molecule has 1 spiro atoms. The maximum atomic E-state index is 12.7. The van der Waals surface area contributed by atoms with Crippen molar-refractivity contribution in [1.29, 1.82) is 0 Å². The van der Waals surface area contributed by atoms with Crippen molar-refractivity contribution in [2.24, 2.45) is 11.8 Å². The molecule has 0 radical (unpaired) electrons. The van der Waals surface area contributed by atoms with Crippen molar-refractivity contribution in [2.75, 3.05) is 19.7 Å². The van der Waals surface area contributed by atoms with Crippen molar-refractivity contribution >= 4 is 5.78 Å². The van der Waals surface area contributed by atoms with Crippen molar-refractivity contribution < 1.29 is 9.53 Å². The molecule has 1 N–H and O–H groups in total. The molecular formula is C16H27NO2. The zero-order valence-electron chi connectivity index (χ0n) is 12.0. The van der Waals surface area contributed by atoms with Crippen LogP contribution in [0, 0.1) is 11.8 Å². The van der Waals surface area contributed by atoms with Gasteiger partial charge in [-0.25, -0.2) is 0 Å². The normalized spacial score (nSPS) is 35.2. The Kier molecular flexibility index (Phi) is 4.23. The fourth-order valence-electron chi connectivity index (χ4n) is 4.24. The second-order valence-electron chi connectivity index (χ2n) is 6.73. The van der Waals surface area contributed by atoms with Crippen LogP contribution in [0.3, 0.4) is 0 Å². The molecule has 2 unspecified atom stereocenters. The minimum absolute atomic E-state index is 0.0684. The molecule has 1 aliphatic carbocycles. The molecule has 0 aromatic carbocycles. The highest BCUT2D eigenvalue weighted by atomic mass is 16.5. The second kappa shape index (κ2) is 5.92. The number of carbonyl (C=O) groups excluding carboxylic acids is 1. The molecule has 3 rings (SSSR count). The lowest BCUT2D eigenvalue weighted by molar-refractivity contribution is -0.146. The van der Waals surface area contributed by atoms with E-state index in [9.17, 15) is 4.79 Å². The molecule has 0 aromatic rings. The zero-order valence-corrected chi connectivity index (χ0v) is 12.0. The third-order valence-electron chi connectivity index (χ3n) is 5.36. The second-order valence-corrected chi connectivity index (χ2v) is 6.73. The van der Waals surface area contributed by atoms with Crippen LogP contribution in [-0.2, 0) is 9.53 Å². The average Bonchev–Trinajstić information content (AvgIpc) is 2.48. The van der Waals surface area contributed by atoms with Gasteiger partial charge >= 0.3 is 0 Å². The fraction of sp³-hybridized carbons (Fsp3) is 0.938. The van der Waals surface area contributed by atoms with E-state index >= 15 is 0 Å². The van der Waals surface area contributed by atoms with Crippen LogP contribution in [0.2, 0.25) is 0 Å². The third-order valence-corrected chi connectivity index (χ3v) is 5.36. The molecule has 2 aliphatic heterocycles. The van der Waals surface area contributed by atoms with Crippen molar-refractivity contribution in [3.8, 4) is 0 Å². The van der Waals surface area contributed by atoms with Crippen molar-refractivity contribution in [3.05, 3.63) is 0 Å². The Balaban J connectivity index is 1.62. The predicted molar refractivity (Wildman–Crippen MR) is 75.1 cm³/mol. The summed E-state index contributed by atoms with van der Waals surface area (Å²) in [4.78, 5) is 12.7. The maximum absolute atomic E-state index is 12.7. The van der Waals surface area contributed by atoms with Gasteiger partial charge in [0.15, 0.2) is 0 Å². The number of carbonyl (C=O) groups is 1. The summed E-state index contributed by atoms with van der Waals surface area (Å²) in [5, 5.41) is 3.37. The van der Waals surface area contributed by atoms with E-state index in [1.165, 1.54) is 32.1 Å². The van der Waals surface area contributed by atoms with Crippen molar-refractivity contribution in [2.45, 2.75) is 63.4 Å². The molecule has 0 amide bonds. The molecule has 0 bridgehead atoms. The lowest BCUT2D eigenvalue weighted by Crippen LogP contribution is -2.46. The fourth-order valence-corrected chi connectivity index (χ4v) is 4.24. The Morgan fingerprint density at radius 1 is 1.05 bits per heavy atom. The van der Waals surface area contributed by atoms with Gasteiger partial charge in [0.1, 0.15) is 5.78 Å². The Bertz CT molecular complexity index is 311. The van der Waals surface area contributed by atoms with E-state index in [0.717, 1.165) is 45.4 Å². The van der Waals surface area contributed by atoms with E-state index < -0.39 is 0 Å². The molecule has 3 nitrogen and oxygen atoms in total.